The smallest absolute Gasteiger partial charge is 0.164 e. The topological polar surface area (TPSA) is 65.0 Å². The quantitative estimate of drug-likeness (QED) is 0.186. The van der Waals surface area contributed by atoms with E-state index >= 15 is 0 Å². The normalized spacial score (nSPS) is 11.9. The van der Waals surface area contributed by atoms with E-state index in [1.807, 2.05) is 78.1 Å². The van der Waals surface area contributed by atoms with Crippen molar-refractivity contribution in [1.29, 1.82) is 0 Å². The van der Waals surface area contributed by atoms with Gasteiger partial charge in [0, 0.05) is 58.4 Å². The van der Waals surface area contributed by atoms with Gasteiger partial charge >= 0.3 is 0 Å². The predicted octanol–water partition coefficient (Wildman–Crippen LogP) is 12.7. The molecule has 0 aliphatic heterocycles. The molecule has 0 aliphatic rings. The summed E-state index contributed by atoms with van der Waals surface area (Å²) < 4.78 is 15.3. The second-order valence-corrected chi connectivity index (χ2v) is 13.8. The molecule has 0 saturated heterocycles. The monoisotopic (exact) mass is 671 g/mol. The number of nitrogens with zero attached hydrogens (tertiary/aromatic N) is 3. The van der Waals surface area contributed by atoms with E-state index in [4.69, 9.17) is 23.8 Å². The van der Waals surface area contributed by atoms with E-state index in [9.17, 15) is 0 Å². The van der Waals surface area contributed by atoms with E-state index in [0.717, 1.165) is 66.1 Å². The van der Waals surface area contributed by atoms with Gasteiger partial charge in [-0.2, -0.15) is 0 Å². The largest absolute Gasteiger partial charge is 0.456 e. The van der Waals surface area contributed by atoms with Gasteiger partial charge in [0.25, 0.3) is 0 Å². The summed E-state index contributed by atoms with van der Waals surface area (Å²) in [5.41, 5.74) is 8.33. The fourth-order valence-electron chi connectivity index (χ4n) is 7.27. The van der Waals surface area contributed by atoms with Crippen LogP contribution < -0.4 is 0 Å². The molecule has 11 aromatic rings. The molecule has 0 saturated carbocycles. The van der Waals surface area contributed by atoms with E-state index < -0.39 is 0 Å². The minimum Gasteiger partial charge on any atom is -0.456 e. The van der Waals surface area contributed by atoms with Crippen LogP contribution in [0.3, 0.4) is 0 Å². The number of hydrogen-bond donors (Lipinski definition) is 0. The molecule has 4 heterocycles. The Morgan fingerprint density at radius 3 is 1.75 bits per heavy atom. The molecule has 0 radical (unpaired) electrons. The molecule has 0 spiro atoms. The Balaban J connectivity index is 1.04. The summed E-state index contributed by atoms with van der Waals surface area (Å²) in [7, 11) is 0. The third kappa shape index (κ3) is 4.50. The lowest BCUT2D eigenvalue weighted by molar-refractivity contribution is 0.668. The first-order chi connectivity index (χ1) is 25.2. The number of thiophene rings is 1. The van der Waals surface area contributed by atoms with Gasteiger partial charge in [-0.15, -0.1) is 11.3 Å². The molecule has 6 heteroatoms. The lowest BCUT2D eigenvalue weighted by atomic mass is 10.0. The number of rotatable bonds is 4. The maximum Gasteiger partial charge on any atom is 0.164 e. The Morgan fingerprint density at radius 1 is 0.353 bits per heavy atom. The second-order valence-electron chi connectivity index (χ2n) is 12.8. The van der Waals surface area contributed by atoms with Crippen molar-refractivity contribution in [2.24, 2.45) is 0 Å². The Kier molecular flexibility index (Phi) is 6.05. The summed E-state index contributed by atoms with van der Waals surface area (Å²) in [6.45, 7) is 0. The van der Waals surface area contributed by atoms with Gasteiger partial charge in [0.2, 0.25) is 0 Å². The lowest BCUT2D eigenvalue weighted by Gasteiger charge is -2.08. The minimum absolute atomic E-state index is 0.579. The number of fused-ring (bicyclic) bond motifs is 9. The van der Waals surface area contributed by atoms with E-state index in [2.05, 4.69) is 84.9 Å². The van der Waals surface area contributed by atoms with E-state index in [1.165, 1.54) is 25.7 Å². The molecule has 7 aromatic carbocycles. The zero-order valence-corrected chi connectivity index (χ0v) is 27.8. The van der Waals surface area contributed by atoms with Crippen LogP contribution in [0.25, 0.3) is 109 Å². The molecular formula is C45H25N3O2S. The third-order valence-corrected chi connectivity index (χ3v) is 11.0. The van der Waals surface area contributed by atoms with Gasteiger partial charge in [-0.05, 0) is 65.7 Å². The molecule has 0 aliphatic carbocycles. The number of para-hydroxylation sites is 1. The first-order valence-corrected chi connectivity index (χ1v) is 17.7. The molecule has 0 unspecified atom stereocenters. The lowest BCUT2D eigenvalue weighted by Crippen LogP contribution is -2.00. The van der Waals surface area contributed by atoms with Crippen molar-refractivity contribution in [3.8, 4) is 45.3 Å². The number of benzene rings is 7. The number of hydrogen-bond acceptors (Lipinski definition) is 6. The van der Waals surface area contributed by atoms with Gasteiger partial charge in [0.15, 0.2) is 17.5 Å². The highest BCUT2D eigenvalue weighted by molar-refractivity contribution is 7.26. The Hall–Kier alpha value is -6.63. The molecule has 0 amide bonds. The van der Waals surface area contributed by atoms with Crippen LogP contribution in [0.2, 0.25) is 0 Å². The van der Waals surface area contributed by atoms with Crippen molar-refractivity contribution in [3.63, 3.8) is 0 Å². The van der Waals surface area contributed by atoms with E-state index in [0.29, 0.717) is 17.5 Å². The maximum absolute atomic E-state index is 6.58. The molecule has 11 rings (SSSR count). The molecule has 0 atom stereocenters. The van der Waals surface area contributed by atoms with Crippen molar-refractivity contribution >= 4 is 75.4 Å². The van der Waals surface area contributed by atoms with Gasteiger partial charge in [-0.3, -0.25) is 0 Å². The van der Waals surface area contributed by atoms with Crippen LogP contribution in [0, 0.1) is 0 Å². The third-order valence-electron chi connectivity index (χ3n) is 9.75. The van der Waals surface area contributed by atoms with Crippen molar-refractivity contribution < 1.29 is 8.83 Å². The Morgan fingerprint density at radius 2 is 0.922 bits per heavy atom. The van der Waals surface area contributed by atoms with Crippen molar-refractivity contribution in [3.05, 3.63) is 152 Å². The zero-order valence-electron chi connectivity index (χ0n) is 27.0. The average Bonchev–Trinajstić information content (AvgIpc) is 3.88. The Bertz CT molecular complexity index is 3160. The second kappa shape index (κ2) is 10.9. The van der Waals surface area contributed by atoms with Gasteiger partial charge in [-0.25, -0.2) is 15.0 Å². The standard InChI is InChI=1S/C45H25N3O2S/c1-2-9-26(10-3-1)43-46-44(28-19-22-38-36(23-28)31-11-4-6-15-37(31)49-38)48-45(47-43)29-18-21-33-32-20-17-27(24-39(32)50-40(33)25-29)30-13-8-14-35-34-12-5-7-16-41(34)51-42(30)35/h1-25H. The molecule has 5 nitrogen and oxygen atoms in total. The van der Waals surface area contributed by atoms with Crippen molar-refractivity contribution in [2.75, 3.05) is 0 Å². The van der Waals surface area contributed by atoms with Gasteiger partial charge in [0.05, 0.1) is 0 Å². The SMILES string of the molecule is c1ccc(-c2nc(-c3ccc4c(c3)oc3cc(-c5cccc6c5sc5ccccc56)ccc34)nc(-c3ccc4oc5ccccc5c4c3)n2)cc1. The highest BCUT2D eigenvalue weighted by Gasteiger charge is 2.17. The summed E-state index contributed by atoms with van der Waals surface area (Å²) in [5, 5.41) is 6.79. The van der Waals surface area contributed by atoms with Crippen LogP contribution in [0.5, 0.6) is 0 Å². The minimum atomic E-state index is 0.579. The zero-order chi connectivity index (χ0) is 33.5. The number of furan rings is 2. The summed E-state index contributed by atoms with van der Waals surface area (Å²) in [6, 6.07) is 52.2. The molecule has 51 heavy (non-hydrogen) atoms. The van der Waals surface area contributed by atoms with Crippen molar-refractivity contribution in [1.82, 2.24) is 15.0 Å². The molecule has 238 valence electrons. The fourth-order valence-corrected chi connectivity index (χ4v) is 8.51. The fraction of sp³-hybridized carbons (Fsp3) is 0. The van der Waals surface area contributed by atoms with Crippen LogP contribution in [0.4, 0.5) is 0 Å². The molecule has 0 fully saturated rings. The highest BCUT2D eigenvalue weighted by atomic mass is 32.1. The van der Waals surface area contributed by atoms with E-state index in [1.54, 1.807) is 0 Å². The predicted molar refractivity (Wildman–Crippen MR) is 209 cm³/mol. The molecule has 0 bridgehead atoms. The summed E-state index contributed by atoms with van der Waals surface area (Å²) >= 11 is 1.84. The van der Waals surface area contributed by atoms with Gasteiger partial charge < -0.3 is 8.83 Å². The number of aromatic nitrogens is 3. The van der Waals surface area contributed by atoms with Crippen LogP contribution in [-0.2, 0) is 0 Å². The van der Waals surface area contributed by atoms with E-state index in [-0.39, 0.29) is 0 Å². The summed E-state index contributed by atoms with van der Waals surface area (Å²) in [4.78, 5) is 15.0. The highest BCUT2D eigenvalue weighted by Crippen LogP contribution is 2.42. The first-order valence-electron chi connectivity index (χ1n) is 16.8. The van der Waals surface area contributed by atoms with Gasteiger partial charge in [0.1, 0.15) is 22.3 Å². The van der Waals surface area contributed by atoms with Crippen LogP contribution in [-0.4, -0.2) is 15.0 Å². The molecule has 4 aromatic heterocycles. The van der Waals surface area contributed by atoms with Crippen LogP contribution in [0.15, 0.2) is 160 Å². The molecular weight excluding hydrogens is 647 g/mol. The maximum atomic E-state index is 6.58. The van der Waals surface area contributed by atoms with Crippen molar-refractivity contribution in [2.45, 2.75) is 0 Å². The van der Waals surface area contributed by atoms with Gasteiger partial charge in [-0.1, -0.05) is 97.1 Å². The summed E-state index contributed by atoms with van der Waals surface area (Å²) in [6.07, 6.45) is 0. The van der Waals surface area contributed by atoms with Crippen LogP contribution >= 0.6 is 11.3 Å². The average molecular weight is 672 g/mol. The molecule has 0 N–H and O–H groups in total. The summed E-state index contributed by atoms with van der Waals surface area (Å²) in [5.74, 6) is 1.78. The van der Waals surface area contributed by atoms with Crippen LogP contribution in [0.1, 0.15) is 0 Å². The Labute approximate surface area is 295 Å². The first kappa shape index (κ1) is 28.2.